The van der Waals surface area contributed by atoms with Crippen LogP contribution in [0, 0.1) is 0 Å². The van der Waals surface area contributed by atoms with Crippen LogP contribution in [0.4, 0.5) is 0 Å². The Labute approximate surface area is 152 Å². The highest BCUT2D eigenvalue weighted by Gasteiger charge is 2.30. The van der Waals surface area contributed by atoms with Crippen LogP contribution >= 0.6 is 23.5 Å². The number of aliphatic carboxylic acids is 1. The van der Waals surface area contributed by atoms with Crippen LogP contribution in [-0.2, 0) is 28.5 Å². The van der Waals surface area contributed by atoms with Crippen molar-refractivity contribution in [3.05, 3.63) is 0 Å². The molecule has 0 spiro atoms. The van der Waals surface area contributed by atoms with Gasteiger partial charge in [0.05, 0.1) is 59.5 Å². The highest BCUT2D eigenvalue weighted by atomic mass is 32.2. The van der Waals surface area contributed by atoms with Crippen molar-refractivity contribution in [2.75, 3.05) is 82.5 Å². The van der Waals surface area contributed by atoms with E-state index in [0.29, 0.717) is 33.0 Å². The van der Waals surface area contributed by atoms with Crippen molar-refractivity contribution in [2.24, 2.45) is 0 Å². The van der Waals surface area contributed by atoms with Crippen LogP contribution in [-0.4, -0.2) is 99.7 Å². The van der Waals surface area contributed by atoms with Gasteiger partial charge in [0, 0.05) is 23.0 Å². The number of ether oxygens (including phenoxy) is 5. The summed E-state index contributed by atoms with van der Waals surface area (Å²) in [6.07, 6.45) is -0.481. The first-order valence-corrected chi connectivity index (χ1v) is 10.4. The molecule has 0 bridgehead atoms. The molecule has 0 radical (unpaired) electrons. The molecule has 2 fully saturated rings. The highest BCUT2D eigenvalue weighted by molar-refractivity contribution is 7.99. The highest BCUT2D eigenvalue weighted by Crippen LogP contribution is 2.06. The Morgan fingerprint density at radius 1 is 0.708 bits per heavy atom. The molecular formula is C15H28O7S2. The first kappa shape index (κ1) is 22.0. The Morgan fingerprint density at radius 2 is 1.04 bits per heavy atom. The molecule has 142 valence electrons. The Hall–Kier alpha value is -0.0300. The van der Waals surface area contributed by atoms with Crippen molar-refractivity contribution < 1.29 is 33.6 Å². The number of carbonyl (C=O) groups is 1. The number of hydrogen-bond donors (Lipinski definition) is 1. The van der Waals surface area contributed by atoms with Crippen LogP contribution in [0.15, 0.2) is 0 Å². The molecule has 2 aliphatic rings. The second-order valence-corrected chi connectivity index (χ2v) is 7.28. The third-order valence-electron chi connectivity index (χ3n) is 2.84. The predicted molar refractivity (Wildman–Crippen MR) is 95.3 cm³/mol. The van der Waals surface area contributed by atoms with Gasteiger partial charge in [-0.2, -0.15) is 23.5 Å². The Bertz CT molecular complexity index is 228. The van der Waals surface area contributed by atoms with Crippen LogP contribution in [0.1, 0.15) is 0 Å². The van der Waals surface area contributed by atoms with Gasteiger partial charge in [-0.25, -0.2) is 4.79 Å². The number of epoxide rings is 1. The van der Waals surface area contributed by atoms with Crippen molar-refractivity contribution in [3.63, 3.8) is 0 Å². The third kappa shape index (κ3) is 15.5. The summed E-state index contributed by atoms with van der Waals surface area (Å²) in [6, 6.07) is 0. The first-order chi connectivity index (χ1) is 11.8. The smallest absolute Gasteiger partial charge is 0.335 e. The van der Waals surface area contributed by atoms with Crippen LogP contribution in [0.3, 0.4) is 0 Å². The van der Waals surface area contributed by atoms with Crippen molar-refractivity contribution >= 4 is 29.5 Å². The zero-order valence-electron chi connectivity index (χ0n) is 14.0. The van der Waals surface area contributed by atoms with E-state index >= 15 is 0 Å². The summed E-state index contributed by atoms with van der Waals surface area (Å²) in [5.41, 5.74) is 0. The molecule has 0 aliphatic carbocycles. The fourth-order valence-electron chi connectivity index (χ4n) is 1.51. The largest absolute Gasteiger partial charge is 0.479 e. The van der Waals surface area contributed by atoms with E-state index in [2.05, 4.69) is 4.74 Å². The number of thioether (sulfide) groups is 2. The summed E-state index contributed by atoms with van der Waals surface area (Å²) in [7, 11) is 0. The van der Waals surface area contributed by atoms with Crippen molar-refractivity contribution in [2.45, 2.75) is 6.10 Å². The monoisotopic (exact) mass is 384 g/mol. The van der Waals surface area contributed by atoms with Gasteiger partial charge in [-0.1, -0.05) is 0 Å². The van der Waals surface area contributed by atoms with E-state index in [1.165, 1.54) is 0 Å². The summed E-state index contributed by atoms with van der Waals surface area (Å²) in [5.74, 6) is 3.24. The number of hydrogen-bond acceptors (Lipinski definition) is 8. The molecule has 7 nitrogen and oxygen atoms in total. The minimum atomic E-state index is -0.852. The van der Waals surface area contributed by atoms with E-state index in [-0.39, 0.29) is 0 Å². The molecule has 1 N–H and O–H groups in total. The molecule has 1 unspecified atom stereocenters. The van der Waals surface area contributed by atoms with Crippen LogP contribution in [0.25, 0.3) is 0 Å². The quantitative estimate of drug-likeness (QED) is 0.665. The molecule has 2 heterocycles. The van der Waals surface area contributed by atoms with Gasteiger partial charge in [-0.15, -0.1) is 0 Å². The fraction of sp³-hybridized carbons (Fsp3) is 0.933. The van der Waals surface area contributed by atoms with Crippen molar-refractivity contribution in [3.8, 4) is 0 Å². The molecule has 24 heavy (non-hydrogen) atoms. The Kier molecular flexibility index (Phi) is 15.1. The summed E-state index contributed by atoms with van der Waals surface area (Å²) in [6.45, 7) is 6.39. The minimum Gasteiger partial charge on any atom is -0.479 e. The van der Waals surface area contributed by atoms with Gasteiger partial charge in [0.1, 0.15) is 0 Å². The first-order valence-electron chi connectivity index (χ1n) is 8.11. The van der Waals surface area contributed by atoms with E-state index in [4.69, 9.17) is 24.1 Å². The molecule has 9 heteroatoms. The molecule has 0 aromatic rings. The lowest BCUT2D eigenvalue weighted by atomic mass is 10.5. The van der Waals surface area contributed by atoms with Crippen molar-refractivity contribution in [1.82, 2.24) is 0 Å². The summed E-state index contributed by atoms with van der Waals surface area (Å²) in [5, 5.41) is 7.93. The normalized spacial score (nSPS) is 25.4. The van der Waals surface area contributed by atoms with Gasteiger partial charge in [0.2, 0.25) is 0 Å². The number of carboxylic acid groups (broad SMARTS) is 1. The maximum atomic E-state index is 9.64. The molecule has 0 saturated carbocycles. The molecule has 1 atom stereocenters. The molecular weight excluding hydrogens is 356 g/mol. The van der Waals surface area contributed by atoms with Crippen LogP contribution < -0.4 is 0 Å². The Balaban J connectivity index is 0.000000400. The van der Waals surface area contributed by atoms with Gasteiger partial charge >= 0.3 is 5.97 Å². The maximum Gasteiger partial charge on any atom is 0.335 e. The molecule has 2 saturated heterocycles. The van der Waals surface area contributed by atoms with E-state index in [1.54, 1.807) is 0 Å². The lowest BCUT2D eigenvalue weighted by molar-refractivity contribution is -0.138. The lowest BCUT2D eigenvalue weighted by Crippen LogP contribution is -2.11. The predicted octanol–water partition coefficient (Wildman–Crippen LogP) is 1.00. The summed E-state index contributed by atoms with van der Waals surface area (Å²) < 4.78 is 26.2. The van der Waals surface area contributed by atoms with Gasteiger partial charge in [0.25, 0.3) is 0 Å². The minimum absolute atomic E-state index is 0.398. The van der Waals surface area contributed by atoms with Gasteiger partial charge in [0.15, 0.2) is 6.10 Å². The summed E-state index contributed by atoms with van der Waals surface area (Å²) in [4.78, 5) is 9.64. The Morgan fingerprint density at radius 3 is 1.25 bits per heavy atom. The van der Waals surface area contributed by atoms with Crippen molar-refractivity contribution in [1.29, 1.82) is 0 Å². The number of carboxylic acids is 1. The molecule has 0 amide bonds. The molecule has 0 aromatic carbocycles. The van der Waals surface area contributed by atoms with E-state index in [9.17, 15) is 4.79 Å². The lowest BCUT2D eigenvalue weighted by Gasteiger charge is -2.08. The fourth-order valence-corrected chi connectivity index (χ4v) is 2.86. The third-order valence-corrected chi connectivity index (χ3v) is 4.66. The van der Waals surface area contributed by atoms with Crippen LogP contribution in [0.2, 0.25) is 0 Å². The molecule has 2 aliphatic heterocycles. The van der Waals surface area contributed by atoms with Crippen LogP contribution in [0.5, 0.6) is 0 Å². The van der Waals surface area contributed by atoms with Gasteiger partial charge < -0.3 is 28.8 Å². The average Bonchev–Trinajstić information content (AvgIpc) is 3.41. The molecule has 0 aromatic heterocycles. The number of rotatable bonds is 1. The van der Waals surface area contributed by atoms with Gasteiger partial charge in [-0.05, 0) is 0 Å². The zero-order valence-corrected chi connectivity index (χ0v) is 15.6. The van der Waals surface area contributed by atoms with E-state index in [0.717, 1.165) is 49.4 Å². The average molecular weight is 385 g/mol. The topological polar surface area (TPSA) is 86.8 Å². The second kappa shape index (κ2) is 16.4. The van der Waals surface area contributed by atoms with E-state index in [1.807, 2.05) is 23.5 Å². The SMILES string of the molecule is C1COCCSCCOCCOCCSCCO1.O=C(O)C1CO1. The van der Waals surface area contributed by atoms with Gasteiger partial charge in [-0.3, -0.25) is 0 Å². The molecule has 2 rings (SSSR count). The summed E-state index contributed by atoms with van der Waals surface area (Å²) >= 11 is 3.72. The second-order valence-electron chi connectivity index (χ2n) is 4.83. The zero-order chi connectivity index (χ0) is 17.3. The maximum absolute atomic E-state index is 9.64. The standard InChI is InChI=1S/C12H24O4S2.C3H4O3/c1-2-14-6-10-18-12-8-16-4-3-15-7-11-17-9-5-13-1;4-3(5)2-1-6-2/h1-12H2;2H,1H2,(H,4,5). The van der Waals surface area contributed by atoms with E-state index < -0.39 is 12.1 Å².